The van der Waals surface area contributed by atoms with E-state index < -0.39 is 11.8 Å². The molecule has 0 radical (unpaired) electrons. The molecule has 47 heavy (non-hydrogen) atoms. The van der Waals surface area contributed by atoms with Gasteiger partial charge in [-0.15, -0.1) is 23.2 Å². The number of alkyl halides is 2. The Bertz CT molecular complexity index is 1720. The van der Waals surface area contributed by atoms with Crippen molar-refractivity contribution in [2.45, 2.75) is 6.42 Å². The van der Waals surface area contributed by atoms with Gasteiger partial charge in [-0.1, -0.05) is 0 Å². The van der Waals surface area contributed by atoms with Crippen LogP contribution in [-0.4, -0.2) is 75.3 Å². The molecule has 0 spiro atoms. The lowest BCUT2D eigenvalue weighted by atomic mass is 10.1. The van der Waals surface area contributed by atoms with Gasteiger partial charge < -0.3 is 45.6 Å². The van der Waals surface area contributed by atoms with Gasteiger partial charge in [-0.25, -0.2) is 0 Å². The number of halogens is 2. The third-order valence-corrected chi connectivity index (χ3v) is 7.69. The first-order chi connectivity index (χ1) is 22.5. The minimum absolute atomic E-state index is 0.267. The number of rotatable bonds is 15. The highest BCUT2D eigenvalue weighted by Gasteiger charge is 2.19. The van der Waals surface area contributed by atoms with E-state index in [9.17, 15) is 19.2 Å². The van der Waals surface area contributed by atoms with E-state index in [-0.39, 0.29) is 17.5 Å². The molecule has 250 valence electrons. The van der Waals surface area contributed by atoms with Crippen LogP contribution in [0.25, 0.3) is 0 Å². The molecule has 3 heterocycles. The zero-order chi connectivity index (χ0) is 34.1. The standard InChI is InChI=1S/C32H39Cl2N9O4/c1-40-19-23(15-26(40)30(45)36-12-4-11-35)38-32(47)28-17-24(20-42(28)3)39-31(46)27-16-22(18-41(27)2)37-29(44)21-5-7-25(8-6-21)43(13-9-33)14-10-34/h5-8,15-20H,4,9-14,35H2,1-3H3,(H,36,45)(H,37,44)(H,38,47)(H,39,46). The van der Waals surface area contributed by atoms with E-state index in [0.717, 1.165) is 5.69 Å². The predicted molar refractivity (Wildman–Crippen MR) is 186 cm³/mol. The van der Waals surface area contributed by atoms with Crippen molar-refractivity contribution in [1.82, 2.24) is 19.0 Å². The largest absolute Gasteiger partial charge is 0.369 e. The van der Waals surface area contributed by atoms with Crippen molar-refractivity contribution in [2.24, 2.45) is 26.9 Å². The second-order valence-electron chi connectivity index (χ2n) is 10.8. The molecule has 0 fully saturated rings. The van der Waals surface area contributed by atoms with Crippen LogP contribution in [0, 0.1) is 0 Å². The molecule has 0 aliphatic carbocycles. The van der Waals surface area contributed by atoms with Gasteiger partial charge in [-0.05, 0) is 55.4 Å². The quantitative estimate of drug-likeness (QED) is 0.0946. The molecule has 4 aromatic rings. The molecule has 1 aromatic carbocycles. The van der Waals surface area contributed by atoms with Gasteiger partial charge >= 0.3 is 0 Å². The van der Waals surface area contributed by atoms with Crippen molar-refractivity contribution in [2.75, 3.05) is 58.8 Å². The normalized spacial score (nSPS) is 10.9. The van der Waals surface area contributed by atoms with Gasteiger partial charge in [-0.2, -0.15) is 0 Å². The summed E-state index contributed by atoms with van der Waals surface area (Å²) in [5.41, 5.74) is 9.12. The predicted octanol–water partition coefficient (Wildman–Crippen LogP) is 3.82. The monoisotopic (exact) mass is 683 g/mol. The molecule has 3 aromatic heterocycles. The van der Waals surface area contributed by atoms with E-state index in [1.807, 2.05) is 17.0 Å². The Kier molecular flexibility index (Phi) is 12.1. The first-order valence-corrected chi connectivity index (χ1v) is 16.0. The highest BCUT2D eigenvalue weighted by Crippen LogP contribution is 2.21. The lowest BCUT2D eigenvalue weighted by Gasteiger charge is -2.22. The van der Waals surface area contributed by atoms with E-state index in [4.69, 9.17) is 28.9 Å². The van der Waals surface area contributed by atoms with Crippen LogP contribution in [0.15, 0.2) is 61.1 Å². The fourth-order valence-electron chi connectivity index (χ4n) is 4.96. The molecular formula is C32H39Cl2N9O4. The maximum atomic E-state index is 13.2. The maximum Gasteiger partial charge on any atom is 0.272 e. The van der Waals surface area contributed by atoms with Crippen LogP contribution < -0.4 is 31.9 Å². The molecule has 0 saturated carbocycles. The number of nitrogens with two attached hydrogens (primary N) is 1. The van der Waals surface area contributed by atoms with E-state index in [1.54, 1.807) is 83.8 Å². The summed E-state index contributed by atoms with van der Waals surface area (Å²) in [5.74, 6) is -0.531. The molecule has 0 saturated heterocycles. The molecule has 0 atom stereocenters. The Balaban J connectivity index is 1.37. The zero-order valence-electron chi connectivity index (χ0n) is 26.5. The van der Waals surface area contributed by atoms with Crippen molar-refractivity contribution >= 4 is 69.6 Å². The number of hydrogen-bond donors (Lipinski definition) is 5. The summed E-state index contributed by atoms with van der Waals surface area (Å²) >= 11 is 11.8. The molecule has 0 aliphatic rings. The van der Waals surface area contributed by atoms with Crippen molar-refractivity contribution in [3.05, 3.63) is 83.7 Å². The Morgan fingerprint density at radius 1 is 0.681 bits per heavy atom. The van der Waals surface area contributed by atoms with Crippen LogP contribution >= 0.6 is 23.2 Å². The Hall–Kier alpha value is -4.72. The molecule has 0 unspecified atom stereocenters. The number of nitrogens with one attached hydrogen (secondary N) is 4. The third kappa shape index (κ3) is 8.97. The summed E-state index contributed by atoms with van der Waals surface area (Å²) in [7, 11) is 5.09. The number of amides is 4. The van der Waals surface area contributed by atoms with Gasteiger partial charge in [0.05, 0.1) is 17.1 Å². The zero-order valence-corrected chi connectivity index (χ0v) is 28.0. The topological polar surface area (TPSA) is 160 Å². The molecule has 0 aliphatic heterocycles. The van der Waals surface area contributed by atoms with Crippen LogP contribution in [0.2, 0.25) is 0 Å². The minimum atomic E-state index is -0.429. The molecule has 0 bridgehead atoms. The van der Waals surface area contributed by atoms with Crippen molar-refractivity contribution < 1.29 is 19.2 Å². The van der Waals surface area contributed by atoms with Crippen molar-refractivity contribution in [1.29, 1.82) is 0 Å². The summed E-state index contributed by atoms with van der Waals surface area (Å²) in [6.07, 6.45) is 5.56. The molecule has 4 amide bonds. The summed E-state index contributed by atoms with van der Waals surface area (Å²) in [5, 5.41) is 11.2. The highest BCUT2D eigenvalue weighted by molar-refractivity contribution is 6.18. The van der Waals surface area contributed by atoms with E-state index in [2.05, 4.69) is 21.3 Å². The Morgan fingerprint density at radius 2 is 1.11 bits per heavy atom. The van der Waals surface area contributed by atoms with Crippen molar-refractivity contribution in [3.63, 3.8) is 0 Å². The van der Waals surface area contributed by atoms with Crippen molar-refractivity contribution in [3.8, 4) is 0 Å². The van der Waals surface area contributed by atoms with Gasteiger partial charge in [0.25, 0.3) is 23.6 Å². The number of carbonyl (C=O) groups is 4. The number of anilines is 4. The number of aryl methyl sites for hydroxylation is 3. The smallest absolute Gasteiger partial charge is 0.272 e. The average molecular weight is 685 g/mol. The average Bonchev–Trinajstić information content (AvgIpc) is 3.72. The molecule has 4 rings (SSSR count). The van der Waals surface area contributed by atoms with E-state index in [0.29, 0.717) is 78.4 Å². The Morgan fingerprint density at radius 3 is 1.53 bits per heavy atom. The van der Waals surface area contributed by atoms with Gasteiger partial charge in [0.1, 0.15) is 17.1 Å². The maximum absolute atomic E-state index is 13.2. The minimum Gasteiger partial charge on any atom is -0.369 e. The second kappa shape index (κ2) is 16.2. The number of carbonyl (C=O) groups excluding carboxylic acids is 4. The summed E-state index contributed by atoms with van der Waals surface area (Å²) in [6, 6.07) is 11.8. The fourth-order valence-corrected chi connectivity index (χ4v) is 5.37. The van der Waals surface area contributed by atoms with Crippen LogP contribution in [0.1, 0.15) is 48.2 Å². The van der Waals surface area contributed by atoms with Crippen LogP contribution in [-0.2, 0) is 21.1 Å². The highest BCUT2D eigenvalue weighted by atomic mass is 35.5. The third-order valence-electron chi connectivity index (χ3n) is 7.36. The summed E-state index contributed by atoms with van der Waals surface area (Å²) in [4.78, 5) is 53.6. The Labute approximate surface area is 283 Å². The van der Waals surface area contributed by atoms with Gasteiger partial charge in [0.2, 0.25) is 0 Å². The van der Waals surface area contributed by atoms with E-state index >= 15 is 0 Å². The van der Waals surface area contributed by atoms with Gasteiger partial charge in [-0.3, -0.25) is 19.2 Å². The number of benzene rings is 1. The second-order valence-corrected chi connectivity index (χ2v) is 11.6. The van der Waals surface area contributed by atoms with Crippen LogP contribution in [0.5, 0.6) is 0 Å². The first kappa shape index (κ1) is 35.1. The first-order valence-electron chi connectivity index (χ1n) is 14.9. The molecule has 13 nitrogen and oxygen atoms in total. The van der Waals surface area contributed by atoms with Gasteiger partial charge in [0.15, 0.2) is 0 Å². The van der Waals surface area contributed by atoms with Gasteiger partial charge in [0, 0.05) is 82.4 Å². The lowest BCUT2D eigenvalue weighted by Crippen LogP contribution is -2.27. The fraction of sp³-hybridized carbons (Fsp3) is 0.312. The molecule has 15 heteroatoms. The summed E-state index contributed by atoms with van der Waals surface area (Å²) < 4.78 is 4.80. The number of aromatic nitrogens is 3. The van der Waals surface area contributed by atoms with Crippen LogP contribution in [0.3, 0.4) is 0 Å². The summed E-state index contributed by atoms with van der Waals surface area (Å²) in [6.45, 7) is 2.20. The molecule has 6 N–H and O–H groups in total. The SMILES string of the molecule is Cn1cc(NC(=O)c2cc(NC(=O)c3cc(NC(=O)c4ccc(N(CCCl)CCCl)cc4)cn3C)cn2C)cc1C(=O)NCCCN. The lowest BCUT2D eigenvalue weighted by molar-refractivity contribution is 0.0943. The number of hydrogen-bond acceptors (Lipinski definition) is 6. The van der Waals surface area contributed by atoms with Crippen LogP contribution in [0.4, 0.5) is 22.7 Å². The molecular weight excluding hydrogens is 645 g/mol. The van der Waals surface area contributed by atoms with E-state index in [1.165, 1.54) is 0 Å². The number of nitrogens with zero attached hydrogens (tertiary/aromatic N) is 4.